The van der Waals surface area contributed by atoms with Crippen LogP contribution in [0.25, 0.3) is 5.57 Å². The molecule has 4 nitrogen and oxygen atoms in total. The third kappa shape index (κ3) is 4.51. The molecule has 2 aromatic rings. The predicted molar refractivity (Wildman–Crippen MR) is 103 cm³/mol. The quantitative estimate of drug-likeness (QED) is 0.863. The standard InChI is InChI=1S/C22H24N2O2/c1-26-21-8-6-18(7-9-21)19-10-13-24(14-11-19)15-12-22(25)20-4-2-17(16-23)3-5-20/h2-10,22,25H,11-15H2,1H3. The minimum absolute atomic E-state index is 0.491. The Bertz CT molecular complexity index is 788. The molecular weight excluding hydrogens is 324 g/mol. The maximum atomic E-state index is 10.4. The first-order chi connectivity index (χ1) is 12.7. The summed E-state index contributed by atoms with van der Waals surface area (Å²) >= 11 is 0. The average Bonchev–Trinajstić information content (AvgIpc) is 2.72. The molecule has 0 radical (unpaired) electrons. The molecule has 1 heterocycles. The Morgan fingerprint density at radius 2 is 1.88 bits per heavy atom. The molecule has 3 rings (SSSR count). The molecule has 1 unspecified atom stereocenters. The van der Waals surface area contributed by atoms with Gasteiger partial charge in [-0.1, -0.05) is 30.3 Å². The Morgan fingerprint density at radius 3 is 2.46 bits per heavy atom. The highest BCUT2D eigenvalue weighted by Gasteiger charge is 2.15. The number of rotatable bonds is 6. The van der Waals surface area contributed by atoms with Gasteiger partial charge in [0.15, 0.2) is 0 Å². The van der Waals surface area contributed by atoms with E-state index in [0.29, 0.717) is 12.0 Å². The molecule has 134 valence electrons. The Morgan fingerprint density at radius 1 is 1.15 bits per heavy atom. The van der Waals surface area contributed by atoms with Gasteiger partial charge < -0.3 is 9.84 Å². The number of methoxy groups -OCH3 is 1. The van der Waals surface area contributed by atoms with Crippen molar-refractivity contribution >= 4 is 5.57 Å². The van der Waals surface area contributed by atoms with Gasteiger partial charge >= 0.3 is 0 Å². The lowest BCUT2D eigenvalue weighted by atomic mass is 9.99. The zero-order chi connectivity index (χ0) is 18.4. The molecule has 0 fully saturated rings. The van der Waals surface area contributed by atoms with Crippen molar-refractivity contribution in [3.8, 4) is 11.8 Å². The second kappa shape index (κ2) is 8.66. The molecule has 0 aromatic heterocycles. The molecule has 1 N–H and O–H groups in total. The summed E-state index contributed by atoms with van der Waals surface area (Å²) in [6.45, 7) is 2.76. The van der Waals surface area contributed by atoms with Crippen molar-refractivity contribution in [1.29, 1.82) is 5.26 Å². The van der Waals surface area contributed by atoms with E-state index in [1.165, 1.54) is 11.1 Å². The lowest BCUT2D eigenvalue weighted by molar-refractivity contribution is 0.145. The van der Waals surface area contributed by atoms with Crippen LogP contribution in [-0.4, -0.2) is 36.8 Å². The fourth-order valence-corrected chi connectivity index (χ4v) is 3.23. The highest BCUT2D eigenvalue weighted by Crippen LogP contribution is 2.25. The Kier molecular flexibility index (Phi) is 6.06. The minimum Gasteiger partial charge on any atom is -0.497 e. The van der Waals surface area contributed by atoms with Crippen molar-refractivity contribution in [3.63, 3.8) is 0 Å². The van der Waals surface area contributed by atoms with Crippen LogP contribution in [0.4, 0.5) is 0 Å². The molecular formula is C22H24N2O2. The maximum Gasteiger partial charge on any atom is 0.118 e. The topological polar surface area (TPSA) is 56.5 Å². The summed E-state index contributed by atoms with van der Waals surface area (Å²) in [5, 5.41) is 19.2. The van der Waals surface area contributed by atoms with Gasteiger partial charge in [-0.05, 0) is 53.8 Å². The number of nitrogens with zero attached hydrogens (tertiary/aromatic N) is 2. The van der Waals surface area contributed by atoms with Crippen LogP contribution < -0.4 is 4.74 Å². The fourth-order valence-electron chi connectivity index (χ4n) is 3.23. The minimum atomic E-state index is -0.491. The van der Waals surface area contributed by atoms with E-state index in [0.717, 1.165) is 37.4 Å². The van der Waals surface area contributed by atoms with Crippen molar-refractivity contribution < 1.29 is 9.84 Å². The van der Waals surface area contributed by atoms with Crippen LogP contribution in [0.1, 0.15) is 35.6 Å². The summed E-state index contributed by atoms with van der Waals surface area (Å²) in [4.78, 5) is 2.36. The normalized spacial score (nSPS) is 15.8. The van der Waals surface area contributed by atoms with E-state index in [4.69, 9.17) is 10.00 Å². The smallest absolute Gasteiger partial charge is 0.118 e. The van der Waals surface area contributed by atoms with Crippen LogP contribution in [0.3, 0.4) is 0 Å². The lowest BCUT2D eigenvalue weighted by Crippen LogP contribution is -2.30. The van der Waals surface area contributed by atoms with Crippen molar-refractivity contribution in [3.05, 3.63) is 71.3 Å². The van der Waals surface area contributed by atoms with E-state index < -0.39 is 6.10 Å². The molecule has 0 bridgehead atoms. The van der Waals surface area contributed by atoms with Gasteiger partial charge in [-0.3, -0.25) is 4.90 Å². The average molecular weight is 348 g/mol. The molecule has 1 aliphatic rings. The van der Waals surface area contributed by atoms with Crippen molar-refractivity contribution in [1.82, 2.24) is 4.90 Å². The van der Waals surface area contributed by atoms with Crippen LogP contribution >= 0.6 is 0 Å². The second-order valence-electron chi connectivity index (χ2n) is 6.55. The summed E-state index contributed by atoms with van der Waals surface area (Å²) in [7, 11) is 1.68. The molecule has 2 aromatic carbocycles. The molecule has 0 saturated heterocycles. The van der Waals surface area contributed by atoms with Crippen LogP contribution in [0.15, 0.2) is 54.6 Å². The number of hydrogen-bond donors (Lipinski definition) is 1. The zero-order valence-corrected chi connectivity index (χ0v) is 15.1. The number of nitriles is 1. The molecule has 1 aliphatic heterocycles. The molecule has 4 heteroatoms. The number of aliphatic hydroxyl groups excluding tert-OH is 1. The van der Waals surface area contributed by atoms with Crippen molar-refractivity contribution in [2.45, 2.75) is 18.9 Å². The fraction of sp³-hybridized carbons (Fsp3) is 0.318. The summed E-state index contributed by atoms with van der Waals surface area (Å²) in [5.74, 6) is 0.878. The summed E-state index contributed by atoms with van der Waals surface area (Å²) in [6, 6.07) is 17.5. The largest absolute Gasteiger partial charge is 0.497 e. The molecule has 0 aliphatic carbocycles. The predicted octanol–water partition coefficient (Wildman–Crippen LogP) is 3.78. The third-order valence-electron chi connectivity index (χ3n) is 4.90. The Hall–Kier alpha value is -2.61. The molecule has 0 saturated carbocycles. The second-order valence-corrected chi connectivity index (χ2v) is 6.55. The number of ether oxygens (including phenoxy) is 1. The lowest BCUT2D eigenvalue weighted by Gasteiger charge is -2.27. The molecule has 0 spiro atoms. The zero-order valence-electron chi connectivity index (χ0n) is 15.1. The maximum absolute atomic E-state index is 10.4. The van der Waals surface area contributed by atoms with E-state index in [1.807, 2.05) is 24.3 Å². The molecule has 26 heavy (non-hydrogen) atoms. The first-order valence-electron chi connectivity index (χ1n) is 8.93. The highest BCUT2D eigenvalue weighted by atomic mass is 16.5. The third-order valence-corrected chi connectivity index (χ3v) is 4.90. The van der Waals surface area contributed by atoms with Gasteiger partial charge in [-0.15, -0.1) is 0 Å². The monoisotopic (exact) mass is 348 g/mol. The number of aliphatic hydroxyl groups is 1. The number of hydrogen-bond acceptors (Lipinski definition) is 4. The van der Waals surface area contributed by atoms with Crippen LogP contribution in [0.5, 0.6) is 5.75 Å². The highest BCUT2D eigenvalue weighted by molar-refractivity contribution is 5.67. The van der Waals surface area contributed by atoms with Gasteiger partial charge in [0, 0.05) is 19.6 Å². The molecule has 1 atom stereocenters. The first kappa shape index (κ1) is 18.2. The van der Waals surface area contributed by atoms with Gasteiger partial charge in [-0.2, -0.15) is 5.26 Å². The molecule has 0 amide bonds. The van der Waals surface area contributed by atoms with Crippen LogP contribution in [0.2, 0.25) is 0 Å². The van der Waals surface area contributed by atoms with Gasteiger partial charge in [0.05, 0.1) is 24.8 Å². The van der Waals surface area contributed by atoms with Gasteiger partial charge in [0.1, 0.15) is 5.75 Å². The van der Waals surface area contributed by atoms with Crippen molar-refractivity contribution in [2.24, 2.45) is 0 Å². The number of benzene rings is 2. The van der Waals surface area contributed by atoms with Gasteiger partial charge in [0.25, 0.3) is 0 Å². The van der Waals surface area contributed by atoms with E-state index in [2.05, 4.69) is 29.2 Å². The summed E-state index contributed by atoms with van der Waals surface area (Å²) < 4.78 is 5.21. The van der Waals surface area contributed by atoms with Crippen molar-refractivity contribution in [2.75, 3.05) is 26.7 Å². The first-order valence-corrected chi connectivity index (χ1v) is 8.93. The van der Waals surface area contributed by atoms with E-state index >= 15 is 0 Å². The van der Waals surface area contributed by atoms with Gasteiger partial charge in [0.2, 0.25) is 0 Å². The van der Waals surface area contributed by atoms with Crippen LogP contribution in [-0.2, 0) is 0 Å². The van der Waals surface area contributed by atoms with Gasteiger partial charge in [-0.25, -0.2) is 0 Å². The van der Waals surface area contributed by atoms with E-state index in [9.17, 15) is 5.11 Å². The SMILES string of the molecule is COc1ccc(C2=CCN(CCC(O)c3ccc(C#N)cc3)CC2)cc1. The Balaban J connectivity index is 1.51. The van der Waals surface area contributed by atoms with E-state index in [-0.39, 0.29) is 0 Å². The summed E-state index contributed by atoms with van der Waals surface area (Å²) in [5.41, 5.74) is 4.11. The summed E-state index contributed by atoms with van der Waals surface area (Å²) in [6.07, 6.45) is 3.49. The van der Waals surface area contributed by atoms with Crippen LogP contribution in [0, 0.1) is 11.3 Å². The van der Waals surface area contributed by atoms with E-state index in [1.54, 1.807) is 19.2 Å². The Labute approximate surface area is 155 Å².